The summed E-state index contributed by atoms with van der Waals surface area (Å²) in [6.07, 6.45) is 4.50. The summed E-state index contributed by atoms with van der Waals surface area (Å²) in [5.74, 6) is -0.227. The van der Waals surface area contributed by atoms with Crippen molar-refractivity contribution in [2.24, 2.45) is 5.92 Å². The van der Waals surface area contributed by atoms with Gasteiger partial charge >= 0.3 is 6.01 Å². The van der Waals surface area contributed by atoms with Crippen molar-refractivity contribution in [2.75, 3.05) is 56.1 Å². The first-order valence-corrected chi connectivity index (χ1v) is 16.9. The van der Waals surface area contributed by atoms with E-state index in [1.54, 1.807) is 0 Å². The number of likely N-dealkylation sites (N-methyl/N-ethyl adjacent to an activating group) is 1. The minimum absolute atomic E-state index is 0.0723. The van der Waals surface area contributed by atoms with E-state index in [0.717, 1.165) is 42.5 Å². The van der Waals surface area contributed by atoms with Crippen LogP contribution in [0.5, 0.6) is 6.01 Å². The number of carbonyl (C=O) groups excluding carboxylic acids is 1. The number of aromatic nitrogens is 2. The lowest BCUT2D eigenvalue weighted by atomic mass is 9.80. The van der Waals surface area contributed by atoms with Gasteiger partial charge in [0.2, 0.25) is 6.54 Å². The smallest absolute Gasteiger partial charge is 0.318 e. The van der Waals surface area contributed by atoms with Crippen LogP contribution >= 0.6 is 0 Å². The van der Waals surface area contributed by atoms with Gasteiger partial charge in [-0.05, 0) is 70.0 Å². The van der Waals surface area contributed by atoms with E-state index in [9.17, 15) is 9.18 Å². The highest BCUT2D eigenvalue weighted by Gasteiger charge is 2.36. The molecule has 2 fully saturated rings. The van der Waals surface area contributed by atoms with Gasteiger partial charge in [-0.3, -0.25) is 9.69 Å². The monoisotopic (exact) mass is 639 g/mol. The van der Waals surface area contributed by atoms with Crippen molar-refractivity contribution in [2.45, 2.75) is 71.2 Å². The van der Waals surface area contributed by atoms with Crippen molar-refractivity contribution in [1.82, 2.24) is 19.8 Å². The molecular weight excluding hydrogens is 593 g/mol. The number of benzene rings is 2. The number of halogens is 1. The van der Waals surface area contributed by atoms with Crippen LogP contribution in [0.3, 0.4) is 0 Å². The lowest BCUT2D eigenvalue weighted by Crippen LogP contribution is -2.57. The highest BCUT2D eigenvalue weighted by molar-refractivity contribution is 5.97. The third-order valence-electron chi connectivity index (χ3n) is 10.4. The summed E-state index contributed by atoms with van der Waals surface area (Å²) in [5.41, 5.74) is 4.40. The molecule has 0 N–H and O–H groups in total. The Balaban J connectivity index is 1.31. The number of anilines is 2. The van der Waals surface area contributed by atoms with E-state index in [4.69, 9.17) is 21.3 Å². The lowest BCUT2D eigenvalue weighted by molar-refractivity contribution is -0.131. The molecule has 3 aromatic rings. The molecule has 3 aliphatic rings. The summed E-state index contributed by atoms with van der Waals surface area (Å²) in [4.78, 5) is 34.5. The zero-order valence-corrected chi connectivity index (χ0v) is 28.1. The Morgan fingerprint density at radius 1 is 1.15 bits per heavy atom. The van der Waals surface area contributed by atoms with E-state index in [0.29, 0.717) is 31.7 Å². The summed E-state index contributed by atoms with van der Waals surface area (Å²) < 4.78 is 20.4. The molecule has 1 aliphatic carbocycles. The fourth-order valence-corrected chi connectivity index (χ4v) is 7.48. The van der Waals surface area contributed by atoms with Crippen LogP contribution in [-0.2, 0) is 17.8 Å². The molecule has 3 heterocycles. The second-order valence-corrected chi connectivity index (χ2v) is 13.5. The van der Waals surface area contributed by atoms with E-state index in [1.807, 2.05) is 0 Å². The van der Waals surface area contributed by atoms with Crippen LogP contribution in [0.15, 0.2) is 48.8 Å². The number of carbonyl (C=O) groups is 1. The molecule has 2 aromatic carbocycles. The van der Waals surface area contributed by atoms with Gasteiger partial charge < -0.3 is 24.3 Å². The fraction of sp³-hybridized carbons (Fsp3) is 0.514. The Labute approximate surface area is 277 Å². The molecular formula is C37H46FN7O2. The van der Waals surface area contributed by atoms with E-state index in [2.05, 4.69) is 90.3 Å². The van der Waals surface area contributed by atoms with Gasteiger partial charge in [0, 0.05) is 55.4 Å². The second kappa shape index (κ2) is 13.9. The first-order valence-electron chi connectivity index (χ1n) is 16.9. The number of ether oxygens (including phenoxy) is 1. The van der Waals surface area contributed by atoms with Crippen molar-refractivity contribution in [3.63, 3.8) is 0 Å². The van der Waals surface area contributed by atoms with Gasteiger partial charge in [-0.1, -0.05) is 43.3 Å². The quantitative estimate of drug-likeness (QED) is 0.205. The Bertz CT molecular complexity index is 1680. The second-order valence-electron chi connectivity index (χ2n) is 13.5. The highest BCUT2D eigenvalue weighted by Crippen LogP contribution is 2.36. The molecule has 6 rings (SSSR count). The number of nitrogens with zero attached hydrogens (tertiary/aromatic N) is 7. The van der Waals surface area contributed by atoms with Crippen molar-refractivity contribution < 1.29 is 13.9 Å². The molecule has 1 amide bonds. The fourth-order valence-electron chi connectivity index (χ4n) is 7.48. The van der Waals surface area contributed by atoms with Gasteiger partial charge in [-0.15, -0.1) is 0 Å². The molecule has 2 aliphatic heterocycles. The predicted octanol–water partition coefficient (Wildman–Crippen LogP) is 5.81. The molecule has 9 nitrogen and oxygen atoms in total. The van der Waals surface area contributed by atoms with Gasteiger partial charge in [0.05, 0.1) is 12.2 Å². The topological polar surface area (TPSA) is 69.4 Å². The van der Waals surface area contributed by atoms with Crippen LogP contribution < -0.4 is 14.5 Å². The zero-order chi connectivity index (χ0) is 33.2. The van der Waals surface area contributed by atoms with Crippen LogP contribution in [0.2, 0.25) is 0 Å². The van der Waals surface area contributed by atoms with Crippen LogP contribution in [0.25, 0.3) is 15.6 Å². The van der Waals surface area contributed by atoms with Crippen molar-refractivity contribution in [3.8, 4) is 6.01 Å². The molecule has 1 saturated heterocycles. The minimum Gasteiger partial charge on any atom is -0.459 e. The molecule has 10 heteroatoms. The summed E-state index contributed by atoms with van der Waals surface area (Å²) >= 11 is 0. The molecule has 47 heavy (non-hydrogen) atoms. The first-order chi connectivity index (χ1) is 22.6. The Kier molecular flexibility index (Phi) is 9.65. The molecule has 0 spiro atoms. The van der Waals surface area contributed by atoms with Crippen molar-refractivity contribution in [3.05, 3.63) is 77.0 Å². The number of hydrogen-bond acceptors (Lipinski definition) is 7. The minimum atomic E-state index is -1.00. The number of aryl methyl sites for hydroxylation is 1. The van der Waals surface area contributed by atoms with Gasteiger partial charge in [-0.25, -0.2) is 11.0 Å². The number of piperazine rings is 1. The molecule has 248 valence electrons. The van der Waals surface area contributed by atoms with Gasteiger partial charge in [0.25, 0.3) is 5.91 Å². The van der Waals surface area contributed by atoms with Gasteiger partial charge in [0.1, 0.15) is 18.0 Å². The summed E-state index contributed by atoms with van der Waals surface area (Å²) in [6.45, 7) is 20.6. The third-order valence-corrected chi connectivity index (χ3v) is 10.4. The highest BCUT2D eigenvalue weighted by atomic mass is 19.1. The van der Waals surface area contributed by atoms with Crippen molar-refractivity contribution in [1.29, 1.82) is 0 Å². The van der Waals surface area contributed by atoms with E-state index >= 15 is 0 Å². The average molecular weight is 640 g/mol. The van der Waals surface area contributed by atoms with Crippen LogP contribution in [0, 0.1) is 19.4 Å². The average Bonchev–Trinajstić information content (AvgIpc) is 3.02. The number of amides is 1. The lowest BCUT2D eigenvalue weighted by Gasteiger charge is -2.41. The normalized spacial score (nSPS) is 19.6. The Morgan fingerprint density at radius 2 is 1.91 bits per heavy atom. The molecule has 1 aromatic heterocycles. The van der Waals surface area contributed by atoms with E-state index < -0.39 is 17.8 Å². The Hall–Kier alpha value is -4.23. The molecule has 0 unspecified atom stereocenters. The van der Waals surface area contributed by atoms with Crippen LogP contribution in [0.4, 0.5) is 15.9 Å². The summed E-state index contributed by atoms with van der Waals surface area (Å²) in [5, 5.41) is 2.46. The SMILES string of the molecule is [C-]#[N+]C[C@H]1CN(c2nc(O[C@H](C)CN(C)[C@H](C)C3CCC3)nc3c2CCN(c2cccc4cccc(C)c24)C3)CCN1C(=O)C(=C)F. The maximum absolute atomic E-state index is 13.9. The maximum atomic E-state index is 13.9. The van der Waals surface area contributed by atoms with Gasteiger partial charge in [-0.2, -0.15) is 9.97 Å². The van der Waals surface area contributed by atoms with E-state index in [-0.39, 0.29) is 19.2 Å². The summed E-state index contributed by atoms with van der Waals surface area (Å²) in [7, 11) is 2.16. The number of rotatable bonds is 10. The molecule has 0 radical (unpaired) electrons. The van der Waals surface area contributed by atoms with Crippen molar-refractivity contribution >= 4 is 28.2 Å². The third kappa shape index (κ3) is 6.77. The Morgan fingerprint density at radius 3 is 2.62 bits per heavy atom. The van der Waals surface area contributed by atoms with E-state index in [1.165, 1.54) is 46.2 Å². The zero-order valence-electron chi connectivity index (χ0n) is 28.1. The largest absolute Gasteiger partial charge is 0.459 e. The predicted molar refractivity (Wildman–Crippen MR) is 184 cm³/mol. The number of fused-ring (bicyclic) bond motifs is 2. The molecule has 3 atom stereocenters. The molecule has 0 bridgehead atoms. The van der Waals surface area contributed by atoms with Crippen LogP contribution in [0.1, 0.15) is 49.9 Å². The number of hydrogen-bond donors (Lipinski definition) is 0. The molecule has 1 saturated carbocycles. The van der Waals surface area contributed by atoms with Gasteiger partial charge in [0.15, 0.2) is 5.83 Å². The first kappa shape index (κ1) is 32.7. The van der Waals surface area contributed by atoms with Crippen LogP contribution in [-0.4, -0.2) is 90.2 Å². The summed E-state index contributed by atoms with van der Waals surface area (Å²) in [6, 6.07) is 13.2. The standard InChI is InChI=1S/C37H46FN7O2/c1-24-10-7-13-29-14-9-15-33(34(24)29)43-17-16-31-32(23-43)40-37(47-25(2)21-42(6)27(4)28-11-8-12-28)41-35(31)44-18-19-45(36(46)26(3)38)30(22-44)20-39-5/h7,9-10,13-15,25,27-28,30H,3,8,11-12,16-23H2,1-2,4,6H3/t25-,27-,30+/m1/s1. The maximum Gasteiger partial charge on any atom is 0.318 e.